The first-order valence-corrected chi connectivity index (χ1v) is 9.73. The summed E-state index contributed by atoms with van der Waals surface area (Å²) in [7, 11) is 0. The molecule has 0 aliphatic heterocycles. The number of allylic oxidation sites excluding steroid dienone is 1. The second-order valence-electron chi connectivity index (χ2n) is 6.93. The standard InChI is InChI=1S/C24H23NO5/c1-4-25(5-2)19-11-10-18-13-20(24(29)30-21(18)14-19)22(26)15(3)12-16-6-8-17(9-7-16)23(27)28/h6-14H,4-5H2,1-3H3,(H,27,28). The lowest BCUT2D eigenvalue weighted by molar-refractivity contribution is 0.0696. The minimum absolute atomic E-state index is 0.0333. The number of carboxylic acid groups (broad SMARTS) is 1. The summed E-state index contributed by atoms with van der Waals surface area (Å²) < 4.78 is 5.44. The van der Waals surface area contributed by atoms with Gasteiger partial charge in [0, 0.05) is 30.2 Å². The molecule has 1 N–H and O–H groups in total. The van der Waals surface area contributed by atoms with Crippen molar-refractivity contribution in [2.45, 2.75) is 20.8 Å². The van der Waals surface area contributed by atoms with Crippen molar-refractivity contribution in [2.24, 2.45) is 0 Å². The first-order valence-electron chi connectivity index (χ1n) is 9.73. The number of nitrogens with zero attached hydrogens (tertiary/aromatic N) is 1. The van der Waals surface area contributed by atoms with Gasteiger partial charge in [0.25, 0.3) is 0 Å². The Balaban J connectivity index is 1.93. The summed E-state index contributed by atoms with van der Waals surface area (Å²) in [4.78, 5) is 38.4. The van der Waals surface area contributed by atoms with Gasteiger partial charge in [0.05, 0.1) is 5.56 Å². The van der Waals surface area contributed by atoms with Crippen LogP contribution in [-0.2, 0) is 0 Å². The molecule has 30 heavy (non-hydrogen) atoms. The van der Waals surface area contributed by atoms with Crippen LogP contribution in [0.15, 0.2) is 63.3 Å². The molecule has 6 nitrogen and oxygen atoms in total. The molecule has 0 aliphatic carbocycles. The zero-order valence-electron chi connectivity index (χ0n) is 17.1. The van der Waals surface area contributed by atoms with E-state index in [1.54, 1.807) is 31.2 Å². The maximum atomic E-state index is 12.8. The minimum Gasteiger partial charge on any atom is -0.478 e. The van der Waals surface area contributed by atoms with Crippen molar-refractivity contribution in [1.29, 1.82) is 0 Å². The predicted molar refractivity (Wildman–Crippen MR) is 117 cm³/mol. The maximum absolute atomic E-state index is 12.8. The third kappa shape index (κ3) is 4.33. The summed E-state index contributed by atoms with van der Waals surface area (Å²) >= 11 is 0. The Morgan fingerprint density at radius 1 is 1.03 bits per heavy atom. The van der Waals surface area contributed by atoms with Crippen molar-refractivity contribution >= 4 is 34.5 Å². The summed E-state index contributed by atoms with van der Waals surface area (Å²) in [6, 6.07) is 13.3. The highest BCUT2D eigenvalue weighted by atomic mass is 16.4. The molecule has 1 heterocycles. The number of fused-ring (bicyclic) bond motifs is 1. The molecule has 0 radical (unpaired) electrons. The molecule has 0 unspecified atom stereocenters. The number of anilines is 1. The van der Waals surface area contributed by atoms with Gasteiger partial charge in [-0.05, 0) is 68.3 Å². The van der Waals surface area contributed by atoms with E-state index in [4.69, 9.17) is 9.52 Å². The van der Waals surface area contributed by atoms with E-state index >= 15 is 0 Å². The number of ketones is 1. The van der Waals surface area contributed by atoms with E-state index in [-0.39, 0.29) is 11.1 Å². The minimum atomic E-state index is -1.02. The van der Waals surface area contributed by atoms with Gasteiger partial charge < -0.3 is 14.4 Å². The van der Waals surface area contributed by atoms with Crippen LogP contribution in [0.1, 0.15) is 47.1 Å². The van der Waals surface area contributed by atoms with E-state index in [1.165, 1.54) is 12.1 Å². The van der Waals surface area contributed by atoms with Gasteiger partial charge >= 0.3 is 11.6 Å². The van der Waals surface area contributed by atoms with Crippen molar-refractivity contribution in [1.82, 2.24) is 0 Å². The Bertz CT molecular complexity index is 1180. The van der Waals surface area contributed by atoms with E-state index < -0.39 is 17.4 Å². The molecule has 0 saturated heterocycles. The highest BCUT2D eigenvalue weighted by molar-refractivity contribution is 6.11. The lowest BCUT2D eigenvalue weighted by atomic mass is 10.0. The Morgan fingerprint density at radius 2 is 1.70 bits per heavy atom. The number of aromatic carboxylic acids is 1. The van der Waals surface area contributed by atoms with Crippen molar-refractivity contribution in [3.8, 4) is 0 Å². The van der Waals surface area contributed by atoms with Gasteiger partial charge in [0.15, 0.2) is 5.78 Å². The Labute approximate surface area is 174 Å². The van der Waals surface area contributed by atoms with E-state index in [9.17, 15) is 14.4 Å². The first kappa shape index (κ1) is 21.0. The molecule has 0 atom stereocenters. The van der Waals surface area contributed by atoms with Crippen LogP contribution in [0.4, 0.5) is 5.69 Å². The highest BCUT2D eigenvalue weighted by Crippen LogP contribution is 2.23. The maximum Gasteiger partial charge on any atom is 0.347 e. The number of rotatable bonds is 7. The summed E-state index contributed by atoms with van der Waals surface area (Å²) in [6.07, 6.45) is 1.61. The van der Waals surface area contributed by atoms with Gasteiger partial charge in [-0.1, -0.05) is 12.1 Å². The molecule has 0 spiro atoms. The van der Waals surface area contributed by atoms with Gasteiger partial charge in [-0.2, -0.15) is 0 Å². The lowest BCUT2D eigenvalue weighted by Gasteiger charge is -2.21. The van der Waals surface area contributed by atoms with Crippen LogP contribution in [0.3, 0.4) is 0 Å². The summed E-state index contributed by atoms with van der Waals surface area (Å²) in [5, 5.41) is 9.64. The number of carbonyl (C=O) groups excluding carboxylic acids is 1. The van der Waals surface area contributed by atoms with Gasteiger partial charge in [0.2, 0.25) is 0 Å². The van der Waals surface area contributed by atoms with Gasteiger partial charge in [-0.3, -0.25) is 4.79 Å². The average molecular weight is 405 g/mol. The van der Waals surface area contributed by atoms with Crippen molar-refractivity contribution < 1.29 is 19.1 Å². The normalized spacial score (nSPS) is 11.5. The Kier molecular flexibility index (Phi) is 6.16. The molecule has 3 aromatic rings. The quantitative estimate of drug-likeness (QED) is 0.350. The predicted octanol–water partition coefficient (Wildman–Crippen LogP) is 4.62. The molecular formula is C24H23NO5. The molecule has 2 aromatic carbocycles. The van der Waals surface area contributed by atoms with E-state index in [1.807, 2.05) is 18.2 Å². The van der Waals surface area contributed by atoms with Crippen LogP contribution in [-0.4, -0.2) is 29.9 Å². The zero-order chi connectivity index (χ0) is 21.8. The van der Waals surface area contributed by atoms with Gasteiger partial charge in [-0.25, -0.2) is 9.59 Å². The van der Waals surface area contributed by atoms with Crippen LogP contribution in [0.2, 0.25) is 0 Å². The van der Waals surface area contributed by atoms with Crippen molar-refractivity contribution in [3.05, 3.63) is 81.2 Å². The van der Waals surface area contributed by atoms with E-state index in [2.05, 4.69) is 18.7 Å². The number of hydrogen-bond donors (Lipinski definition) is 1. The van der Waals surface area contributed by atoms with Crippen molar-refractivity contribution in [2.75, 3.05) is 18.0 Å². The lowest BCUT2D eigenvalue weighted by Crippen LogP contribution is -2.21. The highest BCUT2D eigenvalue weighted by Gasteiger charge is 2.16. The third-order valence-electron chi connectivity index (χ3n) is 4.99. The van der Waals surface area contributed by atoms with Gasteiger partial charge in [0.1, 0.15) is 11.1 Å². The van der Waals surface area contributed by atoms with Crippen LogP contribution in [0.5, 0.6) is 0 Å². The number of carboxylic acids is 1. The molecule has 3 rings (SSSR count). The van der Waals surface area contributed by atoms with Gasteiger partial charge in [-0.15, -0.1) is 0 Å². The molecule has 0 bridgehead atoms. The molecular weight excluding hydrogens is 382 g/mol. The topological polar surface area (TPSA) is 87.8 Å². The van der Waals surface area contributed by atoms with Crippen LogP contribution in [0.25, 0.3) is 17.0 Å². The van der Waals surface area contributed by atoms with Crippen molar-refractivity contribution in [3.63, 3.8) is 0 Å². The fourth-order valence-corrected chi connectivity index (χ4v) is 3.29. The SMILES string of the molecule is CCN(CC)c1ccc2cc(C(=O)C(C)=Cc3ccc(C(=O)O)cc3)c(=O)oc2c1. The summed E-state index contributed by atoms with van der Waals surface area (Å²) in [5.74, 6) is -1.45. The smallest absolute Gasteiger partial charge is 0.347 e. The summed E-state index contributed by atoms with van der Waals surface area (Å²) in [5.41, 5.74) is 1.86. The fourth-order valence-electron chi connectivity index (χ4n) is 3.29. The number of hydrogen-bond acceptors (Lipinski definition) is 5. The van der Waals surface area contributed by atoms with E-state index in [0.29, 0.717) is 22.1 Å². The number of Topliss-reactive ketones (excluding diaryl/α,β-unsaturated/α-hetero) is 1. The van der Waals surface area contributed by atoms with Crippen LogP contribution < -0.4 is 10.5 Å². The monoisotopic (exact) mass is 405 g/mol. The van der Waals surface area contributed by atoms with Crippen LogP contribution >= 0.6 is 0 Å². The van der Waals surface area contributed by atoms with Crippen LogP contribution in [0, 0.1) is 0 Å². The number of carbonyl (C=O) groups is 2. The molecule has 1 aromatic heterocycles. The second-order valence-corrected chi connectivity index (χ2v) is 6.93. The number of benzene rings is 2. The average Bonchev–Trinajstić information content (AvgIpc) is 2.74. The zero-order valence-corrected chi connectivity index (χ0v) is 17.1. The summed E-state index contributed by atoms with van der Waals surface area (Å²) in [6.45, 7) is 7.38. The molecule has 6 heteroatoms. The molecule has 0 amide bonds. The fraction of sp³-hybridized carbons (Fsp3) is 0.208. The molecule has 154 valence electrons. The molecule has 0 fully saturated rings. The third-order valence-corrected chi connectivity index (χ3v) is 4.99. The molecule has 0 aliphatic rings. The second kappa shape index (κ2) is 8.78. The largest absolute Gasteiger partial charge is 0.478 e. The van der Waals surface area contributed by atoms with E-state index in [0.717, 1.165) is 18.8 Å². The first-order chi connectivity index (χ1) is 14.3. The molecule has 0 saturated carbocycles. The Hall–Kier alpha value is -3.67. The Morgan fingerprint density at radius 3 is 2.30 bits per heavy atom.